The third-order valence-corrected chi connectivity index (χ3v) is 5.41. The topological polar surface area (TPSA) is 56.7 Å². The summed E-state index contributed by atoms with van der Waals surface area (Å²) in [4.78, 5) is 20.0. The first-order chi connectivity index (χ1) is 12.8. The summed E-state index contributed by atoms with van der Waals surface area (Å²) in [5.74, 6) is 0.921. The molecule has 0 atom stereocenters. The summed E-state index contributed by atoms with van der Waals surface area (Å²) in [5, 5.41) is 8.68. The van der Waals surface area contributed by atoms with Gasteiger partial charge in [0, 0.05) is 37.1 Å². The number of amides is 1. The monoisotopic (exact) mass is 370 g/mol. The molecule has 2 aromatic rings. The average molecular weight is 371 g/mol. The number of likely N-dealkylation sites (tertiary alicyclic amines) is 1. The van der Waals surface area contributed by atoms with Gasteiger partial charge in [-0.2, -0.15) is 0 Å². The zero-order valence-electron chi connectivity index (χ0n) is 15.2. The highest BCUT2D eigenvalue weighted by molar-refractivity contribution is 7.09. The van der Waals surface area contributed by atoms with Crippen molar-refractivity contribution in [3.05, 3.63) is 57.8 Å². The minimum Gasteiger partial charge on any atom is -0.352 e. The van der Waals surface area contributed by atoms with Gasteiger partial charge >= 0.3 is 0 Å². The van der Waals surface area contributed by atoms with Crippen LogP contribution < -0.4 is 10.6 Å². The minimum atomic E-state index is 0.151. The van der Waals surface area contributed by atoms with Crippen LogP contribution in [0.5, 0.6) is 0 Å². The van der Waals surface area contributed by atoms with Gasteiger partial charge in [-0.25, -0.2) is 0 Å². The molecule has 138 valence electrons. The van der Waals surface area contributed by atoms with Crippen LogP contribution in [0.4, 0.5) is 0 Å². The molecule has 0 radical (unpaired) electrons. The Bertz CT molecular complexity index is 719. The summed E-state index contributed by atoms with van der Waals surface area (Å²) in [7, 11) is 1.77. The van der Waals surface area contributed by atoms with Gasteiger partial charge in [-0.15, -0.1) is 11.3 Å². The molecule has 2 heterocycles. The number of rotatable bonds is 5. The van der Waals surface area contributed by atoms with E-state index in [1.54, 1.807) is 18.4 Å². The van der Waals surface area contributed by atoms with Gasteiger partial charge in [-0.05, 0) is 48.4 Å². The van der Waals surface area contributed by atoms with Crippen molar-refractivity contribution in [3.8, 4) is 0 Å². The van der Waals surface area contributed by atoms with Crippen LogP contribution in [0.2, 0.25) is 0 Å². The number of carbonyl (C=O) groups excluding carboxylic acids is 1. The molecule has 2 N–H and O–H groups in total. The summed E-state index contributed by atoms with van der Waals surface area (Å²) in [5.41, 5.74) is 1.90. The summed E-state index contributed by atoms with van der Waals surface area (Å²) < 4.78 is 0. The van der Waals surface area contributed by atoms with E-state index < -0.39 is 0 Å². The highest BCUT2D eigenvalue weighted by Gasteiger charge is 2.17. The van der Waals surface area contributed by atoms with Gasteiger partial charge in [0.1, 0.15) is 0 Å². The standard InChI is InChI=1S/C20H26N4OS/c1-21-20(23-15-18-6-5-13-26-18)22-14-16-7-9-17(10-8-16)19(25)24-11-3-2-4-12-24/h5-10,13H,2-4,11-12,14-15H2,1H3,(H2,21,22,23). The summed E-state index contributed by atoms with van der Waals surface area (Å²) in [6, 6.07) is 12.0. The fourth-order valence-electron chi connectivity index (χ4n) is 3.04. The van der Waals surface area contributed by atoms with Crippen molar-refractivity contribution in [1.29, 1.82) is 0 Å². The molecule has 26 heavy (non-hydrogen) atoms. The molecule has 1 aliphatic rings. The number of thiophene rings is 1. The fourth-order valence-corrected chi connectivity index (χ4v) is 3.68. The molecule has 1 aliphatic heterocycles. The summed E-state index contributed by atoms with van der Waals surface area (Å²) >= 11 is 1.72. The molecule has 1 saturated heterocycles. The largest absolute Gasteiger partial charge is 0.352 e. The molecule has 1 fully saturated rings. The first kappa shape index (κ1) is 18.5. The van der Waals surface area contributed by atoms with E-state index in [9.17, 15) is 4.79 Å². The minimum absolute atomic E-state index is 0.151. The Hall–Kier alpha value is -2.34. The second-order valence-corrected chi connectivity index (χ2v) is 7.44. The maximum Gasteiger partial charge on any atom is 0.253 e. The first-order valence-electron chi connectivity index (χ1n) is 9.11. The summed E-state index contributed by atoms with van der Waals surface area (Å²) in [6.45, 7) is 3.20. The zero-order valence-corrected chi connectivity index (χ0v) is 16.0. The molecule has 1 aromatic carbocycles. The molecule has 3 rings (SSSR count). The number of hydrogen-bond donors (Lipinski definition) is 2. The van der Waals surface area contributed by atoms with E-state index in [2.05, 4.69) is 27.1 Å². The number of aliphatic imine (C=N–C) groups is 1. The molecule has 0 unspecified atom stereocenters. The van der Waals surface area contributed by atoms with Gasteiger partial charge in [0.2, 0.25) is 0 Å². The number of nitrogens with zero attached hydrogens (tertiary/aromatic N) is 2. The lowest BCUT2D eigenvalue weighted by atomic mass is 10.1. The highest BCUT2D eigenvalue weighted by atomic mass is 32.1. The van der Waals surface area contributed by atoms with E-state index in [0.29, 0.717) is 6.54 Å². The zero-order chi connectivity index (χ0) is 18.2. The van der Waals surface area contributed by atoms with Crippen LogP contribution in [0.1, 0.15) is 40.1 Å². The van der Waals surface area contributed by atoms with Crippen LogP contribution in [0, 0.1) is 0 Å². The second-order valence-electron chi connectivity index (χ2n) is 6.41. The van der Waals surface area contributed by atoms with Crippen LogP contribution in [0.3, 0.4) is 0 Å². The Morgan fingerprint density at radius 3 is 2.46 bits per heavy atom. The first-order valence-corrected chi connectivity index (χ1v) is 9.99. The maximum absolute atomic E-state index is 12.5. The molecule has 1 aromatic heterocycles. The van der Waals surface area contributed by atoms with Crippen LogP contribution in [0.15, 0.2) is 46.8 Å². The van der Waals surface area contributed by atoms with Crippen LogP contribution >= 0.6 is 11.3 Å². The number of guanidine groups is 1. The third-order valence-electron chi connectivity index (χ3n) is 4.54. The Balaban J connectivity index is 1.49. The molecule has 5 nitrogen and oxygen atoms in total. The molecule has 1 amide bonds. The maximum atomic E-state index is 12.5. The van der Waals surface area contributed by atoms with Gasteiger partial charge in [-0.3, -0.25) is 9.79 Å². The van der Waals surface area contributed by atoms with Crippen LogP contribution in [-0.2, 0) is 13.1 Å². The Labute approximate surface area is 159 Å². The lowest BCUT2D eigenvalue weighted by molar-refractivity contribution is 0.0724. The molecular weight excluding hydrogens is 344 g/mol. The average Bonchev–Trinajstić information content (AvgIpc) is 3.22. The van der Waals surface area contributed by atoms with Crippen molar-refractivity contribution in [1.82, 2.24) is 15.5 Å². The fraction of sp³-hybridized carbons (Fsp3) is 0.400. The van der Waals surface area contributed by atoms with E-state index in [1.165, 1.54) is 11.3 Å². The SMILES string of the molecule is CN=C(NCc1ccc(C(=O)N2CCCCC2)cc1)NCc1cccs1. The van der Waals surface area contributed by atoms with Crippen molar-refractivity contribution < 1.29 is 4.79 Å². The Morgan fingerprint density at radius 1 is 1.08 bits per heavy atom. The number of nitrogens with one attached hydrogen (secondary N) is 2. The van der Waals surface area contributed by atoms with E-state index in [4.69, 9.17) is 0 Å². The normalized spacial score (nSPS) is 15.0. The third kappa shape index (κ3) is 5.08. The van der Waals surface area contributed by atoms with Crippen molar-refractivity contribution in [2.75, 3.05) is 20.1 Å². The Kier molecular flexibility index (Phi) is 6.66. The van der Waals surface area contributed by atoms with Gasteiger partial charge in [-0.1, -0.05) is 18.2 Å². The van der Waals surface area contributed by atoms with E-state index in [-0.39, 0.29) is 5.91 Å². The predicted octanol–water partition coefficient (Wildman–Crippen LogP) is 3.24. The molecular formula is C20H26N4OS. The quantitative estimate of drug-likeness (QED) is 0.627. The smallest absolute Gasteiger partial charge is 0.253 e. The van der Waals surface area contributed by atoms with Crippen LogP contribution in [-0.4, -0.2) is 36.9 Å². The number of carbonyl (C=O) groups is 1. The van der Waals surface area contributed by atoms with E-state index in [1.807, 2.05) is 35.2 Å². The highest BCUT2D eigenvalue weighted by Crippen LogP contribution is 2.14. The Morgan fingerprint density at radius 2 is 1.81 bits per heavy atom. The van der Waals surface area contributed by atoms with Crippen LogP contribution in [0.25, 0.3) is 0 Å². The molecule has 0 bridgehead atoms. The van der Waals surface area contributed by atoms with E-state index >= 15 is 0 Å². The lowest BCUT2D eigenvalue weighted by Crippen LogP contribution is -2.36. The van der Waals surface area contributed by atoms with Gasteiger partial charge in [0.05, 0.1) is 6.54 Å². The number of benzene rings is 1. The van der Waals surface area contributed by atoms with Gasteiger partial charge in [0.25, 0.3) is 5.91 Å². The number of hydrogen-bond acceptors (Lipinski definition) is 3. The summed E-state index contributed by atoms with van der Waals surface area (Å²) in [6.07, 6.45) is 3.47. The predicted molar refractivity (Wildman–Crippen MR) is 108 cm³/mol. The number of piperidine rings is 1. The molecule has 6 heteroatoms. The van der Waals surface area contributed by atoms with Gasteiger partial charge < -0.3 is 15.5 Å². The second kappa shape index (κ2) is 9.38. The van der Waals surface area contributed by atoms with Crippen molar-refractivity contribution in [2.45, 2.75) is 32.4 Å². The molecule has 0 spiro atoms. The van der Waals surface area contributed by atoms with Crippen molar-refractivity contribution in [3.63, 3.8) is 0 Å². The lowest BCUT2D eigenvalue weighted by Gasteiger charge is -2.26. The molecule has 0 saturated carbocycles. The van der Waals surface area contributed by atoms with Gasteiger partial charge in [0.15, 0.2) is 5.96 Å². The van der Waals surface area contributed by atoms with E-state index in [0.717, 1.165) is 49.6 Å². The molecule has 0 aliphatic carbocycles. The van der Waals surface area contributed by atoms with Crippen molar-refractivity contribution >= 4 is 23.2 Å². The van der Waals surface area contributed by atoms with Crippen molar-refractivity contribution in [2.24, 2.45) is 4.99 Å².